The van der Waals surface area contributed by atoms with Crippen LogP contribution < -0.4 is 4.74 Å². The smallest absolute Gasteiger partial charge is 0.433 e. The molecule has 0 amide bonds. The van der Waals surface area contributed by atoms with Crippen LogP contribution in [0.15, 0.2) is 28.6 Å². The van der Waals surface area contributed by atoms with E-state index < -0.39 is 34.0 Å². The minimum absolute atomic E-state index is 0.0430. The fourth-order valence-corrected chi connectivity index (χ4v) is 5.70. The van der Waals surface area contributed by atoms with E-state index >= 15 is 0 Å². The molecule has 1 unspecified atom stereocenters. The molecule has 27 heavy (non-hydrogen) atoms. The van der Waals surface area contributed by atoms with Crippen LogP contribution in [-0.4, -0.2) is 41.9 Å². The summed E-state index contributed by atoms with van der Waals surface area (Å²) in [4.78, 5) is 8.05. The van der Waals surface area contributed by atoms with Gasteiger partial charge in [-0.2, -0.15) is 22.5 Å². The summed E-state index contributed by atoms with van der Waals surface area (Å²) < 4.78 is 70.9. The van der Waals surface area contributed by atoms with E-state index in [0.29, 0.717) is 19.4 Å². The minimum atomic E-state index is -4.60. The maximum atomic E-state index is 12.8. The van der Waals surface area contributed by atoms with Gasteiger partial charge in [0.05, 0.1) is 6.54 Å². The molecule has 3 heterocycles. The SMILES string of the molecule is CCc1ccc(S(=O)(=O)N2CCCC(Oc3nccc(C(F)(F)F)n3)C2)s1. The average molecular weight is 421 g/mol. The molecule has 1 saturated heterocycles. The fraction of sp³-hybridized carbons (Fsp3) is 0.500. The lowest BCUT2D eigenvalue weighted by atomic mass is 10.1. The molecule has 0 spiro atoms. The second-order valence-electron chi connectivity index (χ2n) is 6.04. The number of hydrogen-bond donors (Lipinski definition) is 0. The zero-order valence-electron chi connectivity index (χ0n) is 14.4. The molecule has 1 atom stereocenters. The standard InChI is InChI=1S/C16H18F3N3O3S2/c1-2-12-5-6-14(26-12)27(23,24)22-9-3-4-11(10-22)25-15-20-8-7-13(21-15)16(17,18)19/h5-8,11H,2-4,9-10H2,1H3. The number of aromatic nitrogens is 2. The predicted molar refractivity (Wildman–Crippen MR) is 93.1 cm³/mol. The molecule has 0 bridgehead atoms. The van der Waals surface area contributed by atoms with Gasteiger partial charge in [0.15, 0.2) is 5.69 Å². The number of sulfonamides is 1. The van der Waals surface area contributed by atoms with E-state index in [-0.39, 0.29) is 10.8 Å². The zero-order chi connectivity index (χ0) is 19.7. The molecule has 11 heteroatoms. The molecule has 0 radical (unpaired) electrons. The van der Waals surface area contributed by atoms with Crippen LogP contribution in [0.3, 0.4) is 0 Å². The third-order valence-electron chi connectivity index (χ3n) is 4.12. The van der Waals surface area contributed by atoms with Gasteiger partial charge in [-0.25, -0.2) is 13.4 Å². The van der Waals surface area contributed by atoms with Gasteiger partial charge < -0.3 is 4.74 Å². The number of ether oxygens (including phenoxy) is 1. The van der Waals surface area contributed by atoms with Crippen LogP contribution in [0.2, 0.25) is 0 Å². The highest BCUT2D eigenvalue weighted by Gasteiger charge is 2.35. The van der Waals surface area contributed by atoms with Crippen molar-refractivity contribution in [2.24, 2.45) is 0 Å². The Morgan fingerprint density at radius 1 is 1.33 bits per heavy atom. The Bertz CT molecular complexity index is 900. The van der Waals surface area contributed by atoms with Crippen LogP contribution in [0, 0.1) is 0 Å². The number of thiophene rings is 1. The Morgan fingerprint density at radius 3 is 2.78 bits per heavy atom. The molecular weight excluding hydrogens is 403 g/mol. The summed E-state index contributed by atoms with van der Waals surface area (Å²) in [7, 11) is -3.66. The van der Waals surface area contributed by atoms with Crippen molar-refractivity contribution in [2.75, 3.05) is 13.1 Å². The van der Waals surface area contributed by atoms with Crippen molar-refractivity contribution in [3.63, 3.8) is 0 Å². The van der Waals surface area contributed by atoms with Crippen molar-refractivity contribution in [3.8, 4) is 6.01 Å². The lowest BCUT2D eigenvalue weighted by Gasteiger charge is -2.31. The van der Waals surface area contributed by atoms with Crippen molar-refractivity contribution < 1.29 is 26.3 Å². The van der Waals surface area contributed by atoms with E-state index in [9.17, 15) is 21.6 Å². The monoisotopic (exact) mass is 421 g/mol. The van der Waals surface area contributed by atoms with Crippen molar-refractivity contribution >= 4 is 21.4 Å². The highest BCUT2D eigenvalue weighted by molar-refractivity contribution is 7.91. The first-order valence-electron chi connectivity index (χ1n) is 8.36. The van der Waals surface area contributed by atoms with Crippen LogP contribution in [0.5, 0.6) is 6.01 Å². The third kappa shape index (κ3) is 4.58. The number of aryl methyl sites for hydroxylation is 1. The summed E-state index contributed by atoms with van der Waals surface area (Å²) >= 11 is 1.22. The van der Waals surface area contributed by atoms with Gasteiger partial charge in [-0.3, -0.25) is 0 Å². The number of rotatable bonds is 5. The summed E-state index contributed by atoms with van der Waals surface area (Å²) in [5.74, 6) is 0. The van der Waals surface area contributed by atoms with Crippen molar-refractivity contribution in [1.29, 1.82) is 0 Å². The first-order chi connectivity index (χ1) is 12.7. The Kier molecular flexibility index (Phi) is 5.73. The maximum Gasteiger partial charge on any atom is 0.433 e. The molecule has 1 aliphatic rings. The van der Waals surface area contributed by atoms with Crippen molar-refractivity contribution in [3.05, 3.63) is 35.0 Å². The molecule has 6 nitrogen and oxygen atoms in total. The average Bonchev–Trinajstić information content (AvgIpc) is 3.11. The van der Waals surface area contributed by atoms with Gasteiger partial charge in [-0.05, 0) is 37.5 Å². The summed E-state index contributed by atoms with van der Waals surface area (Å²) in [6, 6.07) is 3.72. The Labute approximate surface area is 159 Å². The van der Waals surface area contributed by atoms with Gasteiger partial charge in [-0.15, -0.1) is 11.3 Å². The van der Waals surface area contributed by atoms with Crippen LogP contribution in [-0.2, 0) is 22.6 Å². The minimum Gasteiger partial charge on any atom is -0.459 e. The van der Waals surface area contributed by atoms with E-state index in [2.05, 4.69) is 9.97 Å². The van der Waals surface area contributed by atoms with Crippen LogP contribution >= 0.6 is 11.3 Å². The first-order valence-corrected chi connectivity index (χ1v) is 10.6. The first kappa shape index (κ1) is 20.0. The summed E-state index contributed by atoms with van der Waals surface area (Å²) in [6.45, 7) is 2.33. The quantitative estimate of drug-likeness (QED) is 0.740. The van der Waals surface area contributed by atoms with E-state index in [0.717, 1.165) is 23.6 Å². The lowest BCUT2D eigenvalue weighted by Crippen LogP contribution is -2.44. The number of halogens is 3. The molecule has 1 aliphatic heterocycles. The molecule has 2 aromatic heterocycles. The highest BCUT2D eigenvalue weighted by atomic mass is 32.2. The zero-order valence-corrected chi connectivity index (χ0v) is 16.1. The highest BCUT2D eigenvalue weighted by Crippen LogP contribution is 2.30. The van der Waals surface area contributed by atoms with Gasteiger partial charge in [-0.1, -0.05) is 6.92 Å². The molecule has 3 rings (SSSR count). The molecule has 1 fully saturated rings. The van der Waals surface area contributed by atoms with Gasteiger partial charge in [0.1, 0.15) is 10.3 Å². The molecular formula is C16H18F3N3O3S2. The lowest BCUT2D eigenvalue weighted by molar-refractivity contribution is -0.141. The largest absolute Gasteiger partial charge is 0.459 e. The Balaban J connectivity index is 1.73. The van der Waals surface area contributed by atoms with Crippen LogP contribution in [0.4, 0.5) is 13.2 Å². The number of alkyl halides is 3. The molecule has 0 aromatic carbocycles. The van der Waals surface area contributed by atoms with E-state index in [1.54, 1.807) is 12.1 Å². The molecule has 148 valence electrons. The second kappa shape index (κ2) is 7.72. The fourth-order valence-electron chi connectivity index (χ4n) is 2.74. The van der Waals surface area contributed by atoms with Crippen LogP contribution in [0.25, 0.3) is 0 Å². The normalized spacial score (nSPS) is 19.2. The molecule has 0 saturated carbocycles. The molecule has 0 aliphatic carbocycles. The predicted octanol–water partition coefficient (Wildman–Crippen LogP) is 3.35. The summed E-state index contributed by atoms with van der Waals surface area (Å²) in [5.41, 5.74) is -1.10. The maximum absolute atomic E-state index is 12.8. The summed E-state index contributed by atoms with van der Waals surface area (Å²) in [5, 5.41) is 0. The van der Waals surface area contributed by atoms with Gasteiger partial charge in [0.2, 0.25) is 0 Å². The molecule has 2 aromatic rings. The van der Waals surface area contributed by atoms with Crippen molar-refractivity contribution in [1.82, 2.24) is 14.3 Å². The van der Waals surface area contributed by atoms with Gasteiger partial charge >= 0.3 is 12.2 Å². The van der Waals surface area contributed by atoms with Crippen molar-refractivity contribution in [2.45, 2.75) is 42.7 Å². The Hall–Kier alpha value is -1.72. The molecule has 0 N–H and O–H groups in total. The van der Waals surface area contributed by atoms with Gasteiger partial charge in [0.25, 0.3) is 10.0 Å². The van der Waals surface area contributed by atoms with E-state index in [1.807, 2.05) is 6.92 Å². The number of nitrogens with zero attached hydrogens (tertiary/aromatic N) is 3. The number of hydrogen-bond acceptors (Lipinski definition) is 6. The second-order valence-corrected chi connectivity index (χ2v) is 9.37. The van der Waals surface area contributed by atoms with E-state index in [1.165, 1.54) is 15.6 Å². The topological polar surface area (TPSA) is 72.4 Å². The van der Waals surface area contributed by atoms with Gasteiger partial charge in [0, 0.05) is 17.6 Å². The number of piperidine rings is 1. The van der Waals surface area contributed by atoms with Crippen LogP contribution in [0.1, 0.15) is 30.3 Å². The summed E-state index contributed by atoms with van der Waals surface area (Å²) in [6.07, 6.45) is -2.44. The van der Waals surface area contributed by atoms with E-state index in [4.69, 9.17) is 4.74 Å². The third-order valence-corrected chi connectivity index (χ3v) is 7.68. The Morgan fingerprint density at radius 2 is 2.11 bits per heavy atom.